The number of carbonyl (C=O) groups is 2. The van der Waals surface area contributed by atoms with Gasteiger partial charge in [0.05, 0.1) is 24.4 Å². The second-order valence-electron chi connectivity index (χ2n) is 6.37. The van der Waals surface area contributed by atoms with Crippen LogP contribution in [0.1, 0.15) is 6.42 Å². The van der Waals surface area contributed by atoms with Crippen LogP contribution in [0.3, 0.4) is 0 Å². The number of rotatable bonds is 5. The number of anilines is 2. The fourth-order valence-electron chi connectivity index (χ4n) is 3.22. The summed E-state index contributed by atoms with van der Waals surface area (Å²) in [6.07, 6.45) is 1.62. The first-order chi connectivity index (χ1) is 13.7. The Morgan fingerprint density at radius 2 is 2.07 bits per heavy atom. The molecule has 1 saturated heterocycles. The lowest BCUT2D eigenvalue weighted by molar-refractivity contribution is -0.122. The third-order valence-corrected chi connectivity index (χ3v) is 4.60. The van der Waals surface area contributed by atoms with Gasteiger partial charge in [0.15, 0.2) is 0 Å². The number of benzene rings is 2. The minimum Gasteiger partial charge on any atom is -0.495 e. The molecule has 0 saturated carbocycles. The molecule has 1 aliphatic heterocycles. The van der Waals surface area contributed by atoms with E-state index >= 15 is 0 Å². The van der Waals surface area contributed by atoms with E-state index in [1.54, 1.807) is 36.3 Å². The van der Waals surface area contributed by atoms with Crippen LogP contribution in [0.15, 0.2) is 54.9 Å². The highest BCUT2D eigenvalue weighted by Crippen LogP contribution is 2.33. The van der Waals surface area contributed by atoms with Gasteiger partial charge < -0.3 is 15.0 Å². The maximum absolute atomic E-state index is 12.7. The monoisotopic (exact) mass is 378 g/mol. The predicted molar refractivity (Wildman–Crippen MR) is 101 cm³/mol. The fraction of sp³-hybridized carbons (Fsp3) is 0.211. The van der Waals surface area contributed by atoms with Gasteiger partial charge in [-0.2, -0.15) is 0 Å². The molecule has 2 amide bonds. The van der Waals surface area contributed by atoms with Gasteiger partial charge in [0, 0.05) is 18.7 Å². The summed E-state index contributed by atoms with van der Waals surface area (Å²) in [7, 11) is 1.56. The molecule has 28 heavy (non-hydrogen) atoms. The van der Waals surface area contributed by atoms with Crippen molar-refractivity contribution in [2.75, 3.05) is 23.9 Å². The van der Waals surface area contributed by atoms with E-state index in [1.165, 1.54) is 11.0 Å². The summed E-state index contributed by atoms with van der Waals surface area (Å²) in [4.78, 5) is 26.8. The molecule has 0 radical (unpaired) electrons. The molecule has 9 nitrogen and oxygen atoms in total. The van der Waals surface area contributed by atoms with E-state index in [-0.39, 0.29) is 18.2 Å². The first kappa shape index (κ1) is 17.7. The summed E-state index contributed by atoms with van der Waals surface area (Å²) in [5, 5.41) is 13.9. The lowest BCUT2D eigenvalue weighted by Gasteiger charge is -2.19. The van der Waals surface area contributed by atoms with Crippen LogP contribution in [0.5, 0.6) is 5.75 Å². The molecular formula is C19H18N6O3. The number of carbonyl (C=O) groups excluding carboxylic acids is 2. The molecule has 0 unspecified atom stereocenters. The summed E-state index contributed by atoms with van der Waals surface area (Å²) in [5.74, 6) is -0.160. The number of tetrazole rings is 1. The summed E-state index contributed by atoms with van der Waals surface area (Å²) in [6, 6.07) is 14.5. The Kier molecular flexibility index (Phi) is 4.71. The fourth-order valence-corrected chi connectivity index (χ4v) is 3.22. The molecule has 0 spiro atoms. The van der Waals surface area contributed by atoms with Gasteiger partial charge in [-0.15, -0.1) is 5.10 Å². The molecule has 142 valence electrons. The molecule has 3 aromatic rings. The molecule has 9 heteroatoms. The van der Waals surface area contributed by atoms with Crippen LogP contribution in [0.4, 0.5) is 11.4 Å². The molecule has 0 bridgehead atoms. The van der Waals surface area contributed by atoms with Crippen molar-refractivity contribution in [3.63, 3.8) is 0 Å². The Labute approximate surface area is 160 Å². The lowest BCUT2D eigenvalue weighted by Crippen LogP contribution is -2.28. The Morgan fingerprint density at radius 3 is 2.86 bits per heavy atom. The molecule has 1 aromatic heterocycles. The molecular weight excluding hydrogens is 360 g/mol. The maximum Gasteiger partial charge on any atom is 0.229 e. The van der Waals surface area contributed by atoms with Crippen LogP contribution in [0, 0.1) is 5.92 Å². The highest BCUT2D eigenvalue weighted by Gasteiger charge is 2.36. The van der Waals surface area contributed by atoms with E-state index in [0.29, 0.717) is 23.7 Å². The SMILES string of the molecule is COc1ccccc1N1C[C@@H](C(=O)Nc2cccc(-n3cnnn3)c2)CC1=O. The number of methoxy groups -OCH3 is 1. The molecule has 2 heterocycles. The van der Waals surface area contributed by atoms with Gasteiger partial charge in [-0.3, -0.25) is 9.59 Å². The van der Waals surface area contributed by atoms with Crippen LogP contribution in [-0.4, -0.2) is 45.7 Å². The van der Waals surface area contributed by atoms with Gasteiger partial charge in [-0.05, 0) is 40.8 Å². The summed E-state index contributed by atoms with van der Waals surface area (Å²) >= 11 is 0. The van der Waals surface area contributed by atoms with Gasteiger partial charge in [-0.1, -0.05) is 18.2 Å². The van der Waals surface area contributed by atoms with Gasteiger partial charge in [0.2, 0.25) is 11.8 Å². The van der Waals surface area contributed by atoms with E-state index in [9.17, 15) is 9.59 Å². The van der Waals surface area contributed by atoms with E-state index < -0.39 is 5.92 Å². The summed E-state index contributed by atoms with van der Waals surface area (Å²) in [6.45, 7) is 0.303. The van der Waals surface area contributed by atoms with Crippen molar-refractivity contribution in [1.82, 2.24) is 20.2 Å². The normalized spacial score (nSPS) is 16.2. The predicted octanol–water partition coefficient (Wildman–Crippen LogP) is 1.66. The Morgan fingerprint density at radius 1 is 1.21 bits per heavy atom. The minimum atomic E-state index is -0.450. The van der Waals surface area contributed by atoms with Gasteiger partial charge in [-0.25, -0.2) is 4.68 Å². The number of hydrogen-bond donors (Lipinski definition) is 1. The zero-order chi connectivity index (χ0) is 19.5. The number of nitrogens with one attached hydrogen (secondary N) is 1. The number of nitrogens with zero attached hydrogens (tertiary/aromatic N) is 5. The van der Waals surface area contributed by atoms with Crippen LogP contribution >= 0.6 is 0 Å². The Balaban J connectivity index is 1.48. The first-order valence-electron chi connectivity index (χ1n) is 8.73. The Hall–Kier alpha value is -3.75. The van der Waals surface area contributed by atoms with Crippen LogP contribution < -0.4 is 15.0 Å². The number of hydrogen-bond acceptors (Lipinski definition) is 6. The van der Waals surface area contributed by atoms with Crippen molar-refractivity contribution >= 4 is 23.2 Å². The molecule has 1 atom stereocenters. The molecule has 1 fully saturated rings. The summed E-state index contributed by atoms with van der Waals surface area (Å²) in [5.41, 5.74) is 2.01. The molecule has 1 aliphatic rings. The van der Waals surface area contributed by atoms with Crippen molar-refractivity contribution in [3.8, 4) is 11.4 Å². The minimum absolute atomic E-state index is 0.105. The topological polar surface area (TPSA) is 102 Å². The van der Waals surface area contributed by atoms with Crippen molar-refractivity contribution in [1.29, 1.82) is 0 Å². The third kappa shape index (κ3) is 3.41. The first-order valence-corrected chi connectivity index (χ1v) is 8.73. The molecule has 1 N–H and O–H groups in total. The Bertz CT molecular complexity index is 1000. The van der Waals surface area contributed by atoms with Crippen molar-refractivity contribution in [2.24, 2.45) is 5.92 Å². The number of aromatic nitrogens is 4. The summed E-state index contributed by atoms with van der Waals surface area (Å²) < 4.78 is 6.83. The van der Waals surface area contributed by atoms with Gasteiger partial charge in [0.1, 0.15) is 12.1 Å². The van der Waals surface area contributed by atoms with Crippen molar-refractivity contribution < 1.29 is 14.3 Å². The quantitative estimate of drug-likeness (QED) is 0.724. The number of para-hydroxylation sites is 2. The average molecular weight is 378 g/mol. The second-order valence-corrected chi connectivity index (χ2v) is 6.37. The maximum atomic E-state index is 12.7. The largest absolute Gasteiger partial charge is 0.495 e. The van der Waals surface area contributed by atoms with Crippen LogP contribution in [0.25, 0.3) is 5.69 Å². The van der Waals surface area contributed by atoms with Gasteiger partial charge >= 0.3 is 0 Å². The molecule has 2 aromatic carbocycles. The zero-order valence-corrected chi connectivity index (χ0v) is 15.1. The average Bonchev–Trinajstić information content (AvgIpc) is 3.38. The lowest BCUT2D eigenvalue weighted by atomic mass is 10.1. The third-order valence-electron chi connectivity index (χ3n) is 4.60. The van der Waals surface area contributed by atoms with E-state index in [4.69, 9.17) is 4.74 Å². The van der Waals surface area contributed by atoms with E-state index in [0.717, 1.165) is 5.69 Å². The van der Waals surface area contributed by atoms with Crippen molar-refractivity contribution in [3.05, 3.63) is 54.9 Å². The van der Waals surface area contributed by atoms with Crippen molar-refractivity contribution in [2.45, 2.75) is 6.42 Å². The van der Waals surface area contributed by atoms with Crippen LogP contribution in [0.2, 0.25) is 0 Å². The highest BCUT2D eigenvalue weighted by atomic mass is 16.5. The van der Waals surface area contributed by atoms with Crippen LogP contribution in [-0.2, 0) is 9.59 Å². The number of amides is 2. The zero-order valence-electron chi connectivity index (χ0n) is 15.1. The highest BCUT2D eigenvalue weighted by molar-refractivity contribution is 6.04. The molecule has 4 rings (SSSR count). The second kappa shape index (κ2) is 7.47. The number of ether oxygens (including phenoxy) is 1. The van der Waals surface area contributed by atoms with E-state index in [2.05, 4.69) is 20.8 Å². The molecule has 0 aliphatic carbocycles. The smallest absolute Gasteiger partial charge is 0.229 e. The van der Waals surface area contributed by atoms with Gasteiger partial charge in [0.25, 0.3) is 0 Å². The standard InChI is InChI=1S/C19H18N6O3/c1-28-17-8-3-2-7-16(17)24-11-13(9-18(24)26)19(27)21-14-5-4-6-15(10-14)25-12-20-22-23-25/h2-8,10,12-13H,9,11H2,1H3,(H,21,27)/t13-/m0/s1. The van der Waals surface area contributed by atoms with E-state index in [1.807, 2.05) is 24.3 Å².